The zero-order valence-corrected chi connectivity index (χ0v) is 10.0. The van der Waals surface area contributed by atoms with E-state index in [1.807, 2.05) is 0 Å². The molecule has 3 nitrogen and oxygen atoms in total. The summed E-state index contributed by atoms with van der Waals surface area (Å²) in [5.74, 6) is -0.277. The molecule has 0 fully saturated rings. The first-order valence-corrected chi connectivity index (χ1v) is 5.44. The number of benzene rings is 1. The van der Waals surface area contributed by atoms with Crippen LogP contribution in [-0.2, 0) is 0 Å². The Labute approximate surface area is 107 Å². The minimum absolute atomic E-state index is 0.277. The average Bonchev–Trinajstić information content (AvgIpc) is 2.31. The number of anilines is 1. The zero-order chi connectivity index (χ0) is 14.0. The highest BCUT2D eigenvalue weighted by Crippen LogP contribution is 2.27. The van der Waals surface area contributed by atoms with E-state index in [-0.39, 0.29) is 5.75 Å². The molecule has 1 heterocycles. The summed E-state index contributed by atoms with van der Waals surface area (Å²) < 4.78 is 40.3. The summed E-state index contributed by atoms with van der Waals surface area (Å²) in [7, 11) is 0. The van der Waals surface area contributed by atoms with Crippen molar-refractivity contribution < 1.29 is 17.9 Å². The van der Waals surface area contributed by atoms with Crippen molar-refractivity contribution in [1.82, 2.24) is 4.98 Å². The Morgan fingerprint density at radius 1 is 1.16 bits per heavy atom. The van der Waals surface area contributed by atoms with Gasteiger partial charge in [-0.15, -0.1) is 13.2 Å². The molecule has 0 aliphatic heterocycles. The first-order valence-electron chi connectivity index (χ1n) is 5.44. The van der Waals surface area contributed by atoms with E-state index >= 15 is 0 Å². The van der Waals surface area contributed by atoms with Gasteiger partial charge in [-0.1, -0.05) is 12.1 Å². The number of nitrogens with two attached hydrogens (primary N) is 1. The van der Waals surface area contributed by atoms with Crippen LogP contribution >= 0.6 is 0 Å². The summed E-state index contributed by atoms with van der Waals surface area (Å²) in [4.78, 5) is 4.22. The van der Waals surface area contributed by atoms with Gasteiger partial charge in [0, 0.05) is 5.56 Å². The number of ether oxygens (including phenoxy) is 1. The lowest BCUT2D eigenvalue weighted by atomic mass is 10.1. The maximum Gasteiger partial charge on any atom is 0.573 e. The fourth-order valence-electron chi connectivity index (χ4n) is 1.59. The molecule has 1 aromatic heterocycles. The predicted molar refractivity (Wildman–Crippen MR) is 65.5 cm³/mol. The van der Waals surface area contributed by atoms with Crippen LogP contribution in [0.25, 0.3) is 11.3 Å². The minimum Gasteiger partial charge on any atom is -0.406 e. The number of halogens is 3. The molecule has 0 radical (unpaired) electrons. The van der Waals surface area contributed by atoms with E-state index in [4.69, 9.17) is 5.73 Å². The molecule has 100 valence electrons. The third-order valence-electron chi connectivity index (χ3n) is 2.49. The van der Waals surface area contributed by atoms with Gasteiger partial charge in [-0.25, -0.2) is 0 Å². The van der Waals surface area contributed by atoms with E-state index in [9.17, 15) is 13.2 Å². The van der Waals surface area contributed by atoms with Crippen LogP contribution in [0.2, 0.25) is 0 Å². The van der Waals surface area contributed by atoms with E-state index in [0.29, 0.717) is 22.6 Å². The number of alkyl halides is 3. The van der Waals surface area contributed by atoms with Gasteiger partial charge in [-0.3, -0.25) is 4.98 Å². The van der Waals surface area contributed by atoms with Crippen molar-refractivity contribution in [1.29, 1.82) is 0 Å². The van der Waals surface area contributed by atoms with Crippen LogP contribution < -0.4 is 10.5 Å². The number of aryl methyl sites for hydroxylation is 1. The molecule has 2 N–H and O–H groups in total. The fourth-order valence-corrected chi connectivity index (χ4v) is 1.59. The Hall–Kier alpha value is -2.24. The third-order valence-corrected chi connectivity index (χ3v) is 2.49. The van der Waals surface area contributed by atoms with Gasteiger partial charge in [0.15, 0.2) is 0 Å². The molecule has 6 heteroatoms. The molecule has 0 bridgehead atoms. The SMILES string of the molecule is Cc1nc(-c2cccc(OC(F)(F)F)c2)ccc1N. The number of nitrogens with zero attached hydrogens (tertiary/aromatic N) is 1. The maximum atomic E-state index is 12.1. The number of hydrogen-bond acceptors (Lipinski definition) is 3. The van der Waals surface area contributed by atoms with Crippen molar-refractivity contribution in [2.45, 2.75) is 13.3 Å². The summed E-state index contributed by atoms with van der Waals surface area (Å²) in [6.45, 7) is 1.73. The van der Waals surface area contributed by atoms with E-state index < -0.39 is 6.36 Å². The third kappa shape index (κ3) is 3.37. The highest BCUT2D eigenvalue weighted by atomic mass is 19.4. The summed E-state index contributed by atoms with van der Waals surface area (Å²) in [6.07, 6.45) is -4.71. The quantitative estimate of drug-likeness (QED) is 0.906. The predicted octanol–water partition coefficient (Wildman–Crippen LogP) is 3.54. The molecule has 0 aliphatic rings. The summed E-state index contributed by atoms with van der Waals surface area (Å²) in [5.41, 5.74) is 7.88. The topological polar surface area (TPSA) is 48.1 Å². The fraction of sp³-hybridized carbons (Fsp3) is 0.154. The van der Waals surface area contributed by atoms with Crippen molar-refractivity contribution >= 4 is 5.69 Å². The second-order valence-electron chi connectivity index (χ2n) is 3.95. The molecule has 0 spiro atoms. The van der Waals surface area contributed by atoms with Gasteiger partial charge >= 0.3 is 6.36 Å². The lowest BCUT2D eigenvalue weighted by Crippen LogP contribution is -2.17. The monoisotopic (exact) mass is 268 g/mol. The molecule has 0 aliphatic carbocycles. The number of hydrogen-bond donors (Lipinski definition) is 1. The summed E-state index contributed by atoms with van der Waals surface area (Å²) in [6, 6.07) is 8.96. The number of nitrogen functional groups attached to an aromatic ring is 1. The Morgan fingerprint density at radius 2 is 1.89 bits per heavy atom. The second kappa shape index (κ2) is 4.79. The van der Waals surface area contributed by atoms with Gasteiger partial charge in [-0.2, -0.15) is 0 Å². The van der Waals surface area contributed by atoms with Crippen LogP contribution in [0.3, 0.4) is 0 Å². The van der Waals surface area contributed by atoms with Crippen LogP contribution in [0.5, 0.6) is 5.75 Å². The van der Waals surface area contributed by atoms with Gasteiger partial charge in [0.1, 0.15) is 5.75 Å². The molecular weight excluding hydrogens is 257 g/mol. The largest absolute Gasteiger partial charge is 0.573 e. The van der Waals surface area contributed by atoms with Crippen LogP contribution in [0.1, 0.15) is 5.69 Å². The lowest BCUT2D eigenvalue weighted by Gasteiger charge is -2.10. The van der Waals surface area contributed by atoms with Crippen molar-refractivity contribution in [3.05, 3.63) is 42.1 Å². The highest BCUT2D eigenvalue weighted by molar-refractivity contribution is 5.63. The standard InChI is InChI=1S/C13H11F3N2O/c1-8-11(17)5-6-12(18-8)9-3-2-4-10(7-9)19-13(14,15)16/h2-7H,17H2,1H3. The molecule has 2 aromatic rings. The second-order valence-corrected chi connectivity index (χ2v) is 3.95. The number of rotatable bonds is 2. The van der Waals surface area contributed by atoms with Gasteiger partial charge in [0.05, 0.1) is 17.1 Å². The molecule has 0 saturated carbocycles. The van der Waals surface area contributed by atoms with Crippen molar-refractivity contribution in [3.63, 3.8) is 0 Å². The van der Waals surface area contributed by atoms with Gasteiger partial charge in [-0.05, 0) is 31.2 Å². The van der Waals surface area contributed by atoms with E-state index in [0.717, 1.165) is 0 Å². The van der Waals surface area contributed by atoms with E-state index in [2.05, 4.69) is 9.72 Å². The van der Waals surface area contributed by atoms with Crippen molar-refractivity contribution in [3.8, 4) is 17.0 Å². The molecule has 0 saturated heterocycles. The van der Waals surface area contributed by atoms with Gasteiger partial charge in [0.25, 0.3) is 0 Å². The lowest BCUT2D eigenvalue weighted by molar-refractivity contribution is -0.274. The van der Waals surface area contributed by atoms with Crippen LogP contribution in [0.4, 0.5) is 18.9 Å². The molecular formula is C13H11F3N2O. The molecule has 2 rings (SSSR count). The molecule has 0 amide bonds. The number of aromatic nitrogens is 1. The van der Waals surface area contributed by atoms with Crippen molar-refractivity contribution in [2.24, 2.45) is 0 Å². The molecule has 1 aromatic carbocycles. The van der Waals surface area contributed by atoms with Crippen LogP contribution in [-0.4, -0.2) is 11.3 Å². The van der Waals surface area contributed by atoms with Crippen LogP contribution in [0.15, 0.2) is 36.4 Å². The van der Waals surface area contributed by atoms with E-state index in [1.54, 1.807) is 25.1 Å². The Bertz CT molecular complexity index is 597. The minimum atomic E-state index is -4.71. The van der Waals surface area contributed by atoms with Gasteiger partial charge < -0.3 is 10.5 Å². The Kier molecular flexibility index (Phi) is 3.33. The maximum absolute atomic E-state index is 12.1. The Morgan fingerprint density at radius 3 is 2.53 bits per heavy atom. The first kappa shape index (κ1) is 13.2. The summed E-state index contributed by atoms with van der Waals surface area (Å²) in [5, 5.41) is 0. The summed E-state index contributed by atoms with van der Waals surface area (Å²) >= 11 is 0. The molecule has 0 unspecified atom stereocenters. The Balaban J connectivity index is 2.35. The van der Waals surface area contributed by atoms with Gasteiger partial charge in [0.2, 0.25) is 0 Å². The van der Waals surface area contributed by atoms with Crippen molar-refractivity contribution in [2.75, 3.05) is 5.73 Å². The highest BCUT2D eigenvalue weighted by Gasteiger charge is 2.31. The normalized spacial score (nSPS) is 11.4. The molecule has 0 atom stereocenters. The smallest absolute Gasteiger partial charge is 0.406 e. The van der Waals surface area contributed by atoms with Crippen LogP contribution in [0, 0.1) is 6.92 Å². The van der Waals surface area contributed by atoms with E-state index in [1.165, 1.54) is 18.2 Å². The first-order chi connectivity index (χ1) is 8.85. The average molecular weight is 268 g/mol. The zero-order valence-electron chi connectivity index (χ0n) is 10.0. The molecule has 19 heavy (non-hydrogen) atoms. The number of pyridine rings is 1.